The molecule has 1 aromatic heterocycles. The van der Waals surface area contributed by atoms with Crippen LogP contribution in [0.4, 0.5) is 0 Å². The molecule has 0 amide bonds. The van der Waals surface area contributed by atoms with Crippen molar-refractivity contribution in [2.24, 2.45) is 5.92 Å². The fourth-order valence-electron chi connectivity index (χ4n) is 3.27. The van der Waals surface area contributed by atoms with E-state index in [1.165, 1.54) is 50.5 Å². The standard InChI is InChI=1S/C16H29N3/c1-3-11-19-13-15(12-18-19)16(17-2)10-9-14-7-5-4-6-8-14/h12-14,16-17H,3-11H2,1-2H3. The summed E-state index contributed by atoms with van der Waals surface area (Å²) in [5, 5.41) is 7.91. The third-order valence-corrected chi connectivity index (χ3v) is 4.45. The van der Waals surface area contributed by atoms with Crippen LogP contribution in [-0.2, 0) is 6.54 Å². The molecule has 0 spiro atoms. The van der Waals surface area contributed by atoms with Crippen LogP contribution >= 0.6 is 0 Å². The average molecular weight is 263 g/mol. The van der Waals surface area contributed by atoms with Crippen LogP contribution in [0.1, 0.15) is 69.9 Å². The largest absolute Gasteiger partial charge is 0.313 e. The van der Waals surface area contributed by atoms with E-state index in [0.717, 1.165) is 18.9 Å². The molecule has 1 saturated carbocycles. The highest BCUT2D eigenvalue weighted by Crippen LogP contribution is 2.30. The van der Waals surface area contributed by atoms with Crippen LogP contribution < -0.4 is 5.32 Å². The zero-order valence-corrected chi connectivity index (χ0v) is 12.6. The Morgan fingerprint density at radius 2 is 2.16 bits per heavy atom. The second kappa shape index (κ2) is 7.68. The van der Waals surface area contributed by atoms with Gasteiger partial charge in [-0.2, -0.15) is 5.10 Å². The van der Waals surface area contributed by atoms with E-state index in [9.17, 15) is 0 Å². The van der Waals surface area contributed by atoms with Gasteiger partial charge in [-0.05, 0) is 32.2 Å². The Bertz CT molecular complexity index is 353. The van der Waals surface area contributed by atoms with Gasteiger partial charge in [0.2, 0.25) is 0 Å². The molecule has 0 saturated heterocycles. The molecule has 3 heteroatoms. The Kier molecular flexibility index (Phi) is 5.90. The summed E-state index contributed by atoms with van der Waals surface area (Å²) < 4.78 is 2.07. The lowest BCUT2D eigenvalue weighted by molar-refractivity contribution is 0.317. The number of nitrogens with one attached hydrogen (secondary N) is 1. The van der Waals surface area contributed by atoms with Crippen molar-refractivity contribution in [1.29, 1.82) is 0 Å². The summed E-state index contributed by atoms with van der Waals surface area (Å²) in [6.45, 7) is 3.22. The predicted octanol–water partition coefficient (Wildman–Crippen LogP) is 3.91. The van der Waals surface area contributed by atoms with Crippen LogP contribution in [0, 0.1) is 5.92 Å². The van der Waals surface area contributed by atoms with E-state index in [2.05, 4.69) is 35.3 Å². The Labute approximate surface area is 117 Å². The molecule has 1 aromatic rings. The number of hydrogen-bond donors (Lipinski definition) is 1. The van der Waals surface area contributed by atoms with Gasteiger partial charge in [0.15, 0.2) is 0 Å². The van der Waals surface area contributed by atoms with Gasteiger partial charge in [0.1, 0.15) is 0 Å². The van der Waals surface area contributed by atoms with Crippen molar-refractivity contribution in [2.75, 3.05) is 7.05 Å². The first-order valence-electron chi connectivity index (χ1n) is 8.03. The van der Waals surface area contributed by atoms with Crippen LogP contribution in [0.15, 0.2) is 12.4 Å². The number of nitrogens with zero attached hydrogens (tertiary/aromatic N) is 2. The monoisotopic (exact) mass is 263 g/mol. The zero-order chi connectivity index (χ0) is 13.5. The normalized spacial score (nSPS) is 18.6. The smallest absolute Gasteiger partial charge is 0.0537 e. The quantitative estimate of drug-likeness (QED) is 0.808. The number of aryl methyl sites for hydroxylation is 1. The molecule has 3 nitrogen and oxygen atoms in total. The Morgan fingerprint density at radius 3 is 2.84 bits per heavy atom. The molecule has 1 fully saturated rings. The van der Waals surface area contributed by atoms with Crippen molar-refractivity contribution in [1.82, 2.24) is 15.1 Å². The van der Waals surface area contributed by atoms with Crippen molar-refractivity contribution < 1.29 is 0 Å². The first-order chi connectivity index (χ1) is 9.33. The highest BCUT2D eigenvalue weighted by Gasteiger charge is 2.17. The summed E-state index contributed by atoms with van der Waals surface area (Å²) in [4.78, 5) is 0. The summed E-state index contributed by atoms with van der Waals surface area (Å²) in [5.41, 5.74) is 1.35. The molecular formula is C16H29N3. The molecule has 19 heavy (non-hydrogen) atoms. The maximum absolute atomic E-state index is 4.45. The van der Waals surface area contributed by atoms with E-state index in [-0.39, 0.29) is 0 Å². The lowest BCUT2D eigenvalue weighted by Crippen LogP contribution is -2.18. The third kappa shape index (κ3) is 4.34. The lowest BCUT2D eigenvalue weighted by Gasteiger charge is -2.23. The van der Waals surface area contributed by atoms with Gasteiger partial charge in [0, 0.05) is 24.3 Å². The van der Waals surface area contributed by atoms with Crippen LogP contribution in [0.3, 0.4) is 0 Å². The van der Waals surface area contributed by atoms with Gasteiger partial charge in [-0.25, -0.2) is 0 Å². The minimum atomic E-state index is 0.479. The molecule has 0 aromatic carbocycles. The summed E-state index contributed by atoms with van der Waals surface area (Å²) in [6, 6.07) is 0.479. The van der Waals surface area contributed by atoms with Gasteiger partial charge in [0.05, 0.1) is 6.20 Å². The fraction of sp³-hybridized carbons (Fsp3) is 0.812. The van der Waals surface area contributed by atoms with Gasteiger partial charge >= 0.3 is 0 Å². The second-order valence-electron chi connectivity index (χ2n) is 5.96. The van der Waals surface area contributed by atoms with Crippen LogP contribution in [0.25, 0.3) is 0 Å². The van der Waals surface area contributed by atoms with E-state index in [4.69, 9.17) is 0 Å². The predicted molar refractivity (Wildman–Crippen MR) is 80.1 cm³/mol. The molecule has 0 aliphatic heterocycles. The molecule has 1 atom stereocenters. The lowest BCUT2D eigenvalue weighted by atomic mass is 9.85. The maximum Gasteiger partial charge on any atom is 0.0537 e. The Morgan fingerprint density at radius 1 is 1.37 bits per heavy atom. The second-order valence-corrected chi connectivity index (χ2v) is 5.96. The molecule has 1 heterocycles. The highest BCUT2D eigenvalue weighted by atomic mass is 15.3. The molecule has 0 radical (unpaired) electrons. The van der Waals surface area contributed by atoms with E-state index in [1.807, 2.05) is 6.20 Å². The van der Waals surface area contributed by atoms with Gasteiger partial charge < -0.3 is 5.32 Å². The van der Waals surface area contributed by atoms with Crippen molar-refractivity contribution in [2.45, 2.75) is 70.9 Å². The highest BCUT2D eigenvalue weighted by molar-refractivity contribution is 5.10. The van der Waals surface area contributed by atoms with E-state index < -0.39 is 0 Å². The molecule has 1 unspecified atom stereocenters. The molecule has 0 bridgehead atoms. The summed E-state index contributed by atoms with van der Waals surface area (Å²) >= 11 is 0. The molecule has 1 aliphatic carbocycles. The van der Waals surface area contributed by atoms with Crippen molar-refractivity contribution in [3.8, 4) is 0 Å². The van der Waals surface area contributed by atoms with E-state index in [1.54, 1.807) is 0 Å². The van der Waals surface area contributed by atoms with Crippen molar-refractivity contribution in [3.63, 3.8) is 0 Å². The summed E-state index contributed by atoms with van der Waals surface area (Å²) in [7, 11) is 2.07. The minimum Gasteiger partial charge on any atom is -0.313 e. The topological polar surface area (TPSA) is 29.9 Å². The third-order valence-electron chi connectivity index (χ3n) is 4.45. The van der Waals surface area contributed by atoms with Gasteiger partial charge in [0.25, 0.3) is 0 Å². The molecule has 1 aliphatic rings. The van der Waals surface area contributed by atoms with Gasteiger partial charge in [-0.1, -0.05) is 39.0 Å². The van der Waals surface area contributed by atoms with Gasteiger partial charge in [-0.3, -0.25) is 4.68 Å². The van der Waals surface area contributed by atoms with Crippen LogP contribution in [-0.4, -0.2) is 16.8 Å². The zero-order valence-electron chi connectivity index (χ0n) is 12.6. The maximum atomic E-state index is 4.45. The molecular weight excluding hydrogens is 234 g/mol. The Balaban J connectivity index is 1.84. The number of hydrogen-bond acceptors (Lipinski definition) is 2. The fourth-order valence-corrected chi connectivity index (χ4v) is 3.27. The first kappa shape index (κ1) is 14.6. The molecule has 108 valence electrons. The minimum absolute atomic E-state index is 0.479. The van der Waals surface area contributed by atoms with Crippen LogP contribution in [0.5, 0.6) is 0 Å². The summed E-state index contributed by atoms with van der Waals surface area (Å²) in [6.07, 6.45) is 15.3. The molecule has 1 N–H and O–H groups in total. The van der Waals surface area contributed by atoms with Crippen LogP contribution in [0.2, 0.25) is 0 Å². The number of rotatable bonds is 7. The van der Waals surface area contributed by atoms with Crippen molar-refractivity contribution >= 4 is 0 Å². The first-order valence-corrected chi connectivity index (χ1v) is 8.03. The van der Waals surface area contributed by atoms with E-state index >= 15 is 0 Å². The Hall–Kier alpha value is -0.830. The van der Waals surface area contributed by atoms with E-state index in [0.29, 0.717) is 6.04 Å². The van der Waals surface area contributed by atoms with Gasteiger partial charge in [-0.15, -0.1) is 0 Å². The SMILES string of the molecule is CCCn1cc(C(CCC2CCCCC2)NC)cn1. The molecule has 2 rings (SSSR count). The number of aromatic nitrogens is 2. The average Bonchev–Trinajstić information content (AvgIpc) is 2.90. The van der Waals surface area contributed by atoms with Crippen molar-refractivity contribution in [3.05, 3.63) is 18.0 Å². The summed E-state index contributed by atoms with van der Waals surface area (Å²) in [5.74, 6) is 0.968.